The number of anilines is 1. The van der Waals surface area contributed by atoms with Gasteiger partial charge in [-0.25, -0.2) is 9.07 Å². The third kappa shape index (κ3) is 1.99. The molecule has 2 aliphatic rings. The summed E-state index contributed by atoms with van der Waals surface area (Å²) in [5, 5.41) is 7.76. The van der Waals surface area contributed by atoms with Gasteiger partial charge in [-0.15, -0.1) is 11.8 Å². The van der Waals surface area contributed by atoms with E-state index in [-0.39, 0.29) is 11.9 Å². The monoisotopic (exact) mass is 336 g/mol. The molecule has 2 aliphatic heterocycles. The SMILES string of the molecule is Fc1ccc2c(c1)C1=C(CS2)C(c2ccccc2)n2ncnc2N1. The molecule has 0 radical (unpaired) electrons. The number of nitrogens with one attached hydrogen (secondary N) is 1. The Hall–Kier alpha value is -2.60. The summed E-state index contributed by atoms with van der Waals surface area (Å²) < 4.78 is 15.7. The zero-order valence-corrected chi connectivity index (χ0v) is 13.4. The standard InChI is InChI=1S/C18H13FN4S/c19-12-6-7-15-13(8-12)16-14(9-24-15)17(11-4-2-1-3-5-11)23-18(22-16)20-10-21-23/h1-8,10,17H,9H2,(H,20,21,22). The summed E-state index contributed by atoms with van der Waals surface area (Å²) >= 11 is 1.73. The molecular formula is C18H13FN4S. The first-order valence-corrected chi connectivity index (χ1v) is 8.67. The van der Waals surface area contributed by atoms with Gasteiger partial charge in [0.1, 0.15) is 18.2 Å². The summed E-state index contributed by atoms with van der Waals surface area (Å²) in [5.74, 6) is 1.29. The van der Waals surface area contributed by atoms with Crippen LogP contribution in [0.4, 0.5) is 10.3 Å². The average molecular weight is 336 g/mol. The van der Waals surface area contributed by atoms with Crippen molar-refractivity contribution in [3.05, 3.63) is 77.4 Å². The number of thioether (sulfide) groups is 1. The smallest absolute Gasteiger partial charge is 0.226 e. The van der Waals surface area contributed by atoms with Gasteiger partial charge >= 0.3 is 0 Å². The summed E-state index contributed by atoms with van der Waals surface area (Å²) in [5.41, 5.74) is 4.20. The molecule has 0 spiro atoms. The minimum absolute atomic E-state index is 0.0242. The zero-order valence-electron chi connectivity index (χ0n) is 12.6. The van der Waals surface area contributed by atoms with Crippen LogP contribution < -0.4 is 5.32 Å². The van der Waals surface area contributed by atoms with Crippen molar-refractivity contribution in [1.82, 2.24) is 14.8 Å². The third-order valence-electron chi connectivity index (χ3n) is 4.42. The summed E-state index contributed by atoms with van der Waals surface area (Å²) in [6.07, 6.45) is 1.55. The molecule has 1 N–H and O–H groups in total. The highest BCUT2D eigenvalue weighted by atomic mass is 32.2. The van der Waals surface area contributed by atoms with Crippen molar-refractivity contribution in [2.45, 2.75) is 10.9 Å². The number of hydrogen-bond donors (Lipinski definition) is 1. The van der Waals surface area contributed by atoms with Crippen molar-refractivity contribution < 1.29 is 4.39 Å². The average Bonchev–Trinajstić information content (AvgIpc) is 3.08. The van der Waals surface area contributed by atoms with Crippen LogP contribution in [-0.4, -0.2) is 20.5 Å². The van der Waals surface area contributed by atoms with Crippen LogP contribution in [-0.2, 0) is 0 Å². The van der Waals surface area contributed by atoms with Gasteiger partial charge < -0.3 is 5.32 Å². The van der Waals surface area contributed by atoms with Crippen molar-refractivity contribution in [2.24, 2.45) is 0 Å². The molecule has 0 saturated heterocycles. The van der Waals surface area contributed by atoms with E-state index in [1.54, 1.807) is 24.2 Å². The van der Waals surface area contributed by atoms with E-state index in [4.69, 9.17) is 0 Å². The second kappa shape index (κ2) is 5.21. The molecule has 0 saturated carbocycles. The van der Waals surface area contributed by atoms with E-state index in [1.165, 1.54) is 11.6 Å². The van der Waals surface area contributed by atoms with Crippen molar-refractivity contribution in [3.8, 4) is 0 Å². The lowest BCUT2D eigenvalue weighted by Crippen LogP contribution is -2.27. The lowest BCUT2D eigenvalue weighted by molar-refractivity contribution is 0.585. The molecule has 6 heteroatoms. The van der Waals surface area contributed by atoms with Gasteiger partial charge in [0.05, 0.1) is 5.70 Å². The van der Waals surface area contributed by atoms with Gasteiger partial charge in [0, 0.05) is 16.2 Å². The topological polar surface area (TPSA) is 42.7 Å². The quantitative estimate of drug-likeness (QED) is 0.731. The van der Waals surface area contributed by atoms with Crippen LogP contribution in [0.15, 0.2) is 65.3 Å². The summed E-state index contributed by atoms with van der Waals surface area (Å²) in [6, 6.07) is 15.2. The first-order chi connectivity index (χ1) is 11.8. The molecule has 3 aromatic rings. The van der Waals surface area contributed by atoms with Crippen LogP contribution in [0.25, 0.3) is 5.70 Å². The normalized spacial score (nSPS) is 18.5. The molecule has 1 unspecified atom stereocenters. The maximum Gasteiger partial charge on any atom is 0.226 e. The van der Waals surface area contributed by atoms with E-state index in [2.05, 4.69) is 27.5 Å². The van der Waals surface area contributed by atoms with Crippen molar-refractivity contribution in [3.63, 3.8) is 0 Å². The molecule has 4 nitrogen and oxygen atoms in total. The first kappa shape index (κ1) is 13.8. The molecule has 1 aromatic heterocycles. The molecule has 1 atom stereocenters. The Labute approximate surface area is 142 Å². The second-order valence-electron chi connectivity index (χ2n) is 5.80. The predicted molar refractivity (Wildman–Crippen MR) is 92.3 cm³/mol. The molecule has 5 rings (SSSR count). The predicted octanol–water partition coefficient (Wildman–Crippen LogP) is 3.95. The fraction of sp³-hybridized carbons (Fsp3) is 0.111. The molecule has 2 aromatic carbocycles. The number of nitrogens with zero attached hydrogens (tertiary/aromatic N) is 3. The molecular weight excluding hydrogens is 323 g/mol. The van der Waals surface area contributed by atoms with Gasteiger partial charge in [-0.05, 0) is 29.3 Å². The van der Waals surface area contributed by atoms with Gasteiger partial charge in [0.2, 0.25) is 5.95 Å². The fourth-order valence-corrected chi connectivity index (χ4v) is 4.45. The van der Waals surface area contributed by atoms with Crippen LogP contribution in [0.1, 0.15) is 17.2 Å². The van der Waals surface area contributed by atoms with Crippen LogP contribution in [0.2, 0.25) is 0 Å². The molecule has 0 amide bonds. The third-order valence-corrected chi connectivity index (χ3v) is 5.54. The highest BCUT2D eigenvalue weighted by molar-refractivity contribution is 7.99. The number of aromatic nitrogens is 3. The van der Waals surface area contributed by atoms with Crippen molar-refractivity contribution in [1.29, 1.82) is 0 Å². The second-order valence-corrected chi connectivity index (χ2v) is 6.81. The van der Waals surface area contributed by atoms with E-state index in [0.717, 1.165) is 27.5 Å². The van der Waals surface area contributed by atoms with Crippen LogP contribution in [0.3, 0.4) is 0 Å². The minimum Gasteiger partial charge on any atom is -0.324 e. The number of benzene rings is 2. The Kier molecular flexibility index (Phi) is 2.99. The number of rotatable bonds is 1. The lowest BCUT2D eigenvalue weighted by atomic mass is 9.94. The molecule has 0 fully saturated rings. The van der Waals surface area contributed by atoms with Crippen molar-refractivity contribution >= 4 is 23.4 Å². The Balaban J connectivity index is 1.75. The highest BCUT2D eigenvalue weighted by Crippen LogP contribution is 2.46. The molecule has 118 valence electrons. The number of halogens is 1. The van der Waals surface area contributed by atoms with Gasteiger partial charge in [-0.3, -0.25) is 0 Å². The molecule has 0 bridgehead atoms. The largest absolute Gasteiger partial charge is 0.324 e. The Morgan fingerprint density at radius 3 is 2.92 bits per heavy atom. The van der Waals surface area contributed by atoms with Gasteiger partial charge in [0.25, 0.3) is 0 Å². The number of fused-ring (bicyclic) bond motifs is 3. The van der Waals surface area contributed by atoms with Crippen LogP contribution >= 0.6 is 11.8 Å². The zero-order chi connectivity index (χ0) is 16.1. The Bertz CT molecular complexity index is 964. The fourth-order valence-electron chi connectivity index (χ4n) is 3.35. The van der Waals surface area contributed by atoms with Gasteiger partial charge in [-0.1, -0.05) is 30.3 Å². The van der Waals surface area contributed by atoms with Crippen molar-refractivity contribution in [2.75, 3.05) is 11.1 Å². The van der Waals surface area contributed by atoms with E-state index in [1.807, 2.05) is 28.9 Å². The Morgan fingerprint density at radius 1 is 1.17 bits per heavy atom. The molecule has 24 heavy (non-hydrogen) atoms. The van der Waals surface area contributed by atoms with E-state index in [9.17, 15) is 4.39 Å². The van der Waals surface area contributed by atoms with Gasteiger partial charge in [0.15, 0.2) is 0 Å². The van der Waals surface area contributed by atoms with E-state index in [0.29, 0.717) is 5.95 Å². The van der Waals surface area contributed by atoms with E-state index >= 15 is 0 Å². The summed E-state index contributed by atoms with van der Waals surface area (Å²) in [4.78, 5) is 5.41. The Morgan fingerprint density at radius 2 is 2.04 bits per heavy atom. The minimum atomic E-state index is -0.229. The first-order valence-electron chi connectivity index (χ1n) is 7.68. The van der Waals surface area contributed by atoms with Crippen LogP contribution in [0, 0.1) is 5.82 Å². The van der Waals surface area contributed by atoms with E-state index < -0.39 is 0 Å². The summed E-state index contributed by atoms with van der Waals surface area (Å²) in [7, 11) is 0. The summed E-state index contributed by atoms with van der Waals surface area (Å²) in [6.45, 7) is 0. The highest BCUT2D eigenvalue weighted by Gasteiger charge is 2.34. The molecule has 3 heterocycles. The maximum atomic E-state index is 13.8. The number of hydrogen-bond acceptors (Lipinski definition) is 4. The maximum absolute atomic E-state index is 13.8. The molecule has 0 aliphatic carbocycles. The lowest BCUT2D eigenvalue weighted by Gasteiger charge is -2.33. The van der Waals surface area contributed by atoms with Crippen LogP contribution in [0.5, 0.6) is 0 Å². The van der Waals surface area contributed by atoms with Gasteiger partial charge in [-0.2, -0.15) is 10.1 Å².